The van der Waals surface area contributed by atoms with Crippen molar-refractivity contribution in [2.45, 2.75) is 19.0 Å². The van der Waals surface area contributed by atoms with Gasteiger partial charge in [0.15, 0.2) is 5.75 Å². The molecule has 0 saturated carbocycles. The fraction of sp³-hybridized carbons (Fsp3) is 0.267. The van der Waals surface area contributed by atoms with Gasteiger partial charge in [0.25, 0.3) is 11.4 Å². The Balaban J connectivity index is 2.49. The summed E-state index contributed by atoms with van der Waals surface area (Å²) in [4.78, 5) is 23.6. The first-order valence-corrected chi connectivity index (χ1v) is 8.95. The van der Waals surface area contributed by atoms with Gasteiger partial charge in [0.05, 0.1) is 12.7 Å². The zero-order valence-electron chi connectivity index (χ0n) is 14.2. The number of rotatable bonds is 7. The normalized spacial score (nSPS) is 11.7. The van der Waals surface area contributed by atoms with E-state index in [4.69, 9.17) is 4.74 Å². The van der Waals surface area contributed by atoms with E-state index >= 15 is 0 Å². The summed E-state index contributed by atoms with van der Waals surface area (Å²) < 4.78 is 74.8. The molecule has 0 fully saturated rings. The van der Waals surface area contributed by atoms with Crippen molar-refractivity contribution < 1.29 is 40.0 Å². The number of hydrogen-bond donors (Lipinski definition) is 0. The van der Waals surface area contributed by atoms with Gasteiger partial charge < -0.3 is 13.7 Å². The second-order valence-electron chi connectivity index (χ2n) is 5.01. The molecule has 2 aromatic rings. The highest BCUT2D eigenvalue weighted by molar-refractivity contribution is 7.87. The van der Waals surface area contributed by atoms with Crippen molar-refractivity contribution in [2.24, 2.45) is 0 Å². The molecule has 0 spiro atoms. The molecule has 0 aliphatic heterocycles. The lowest BCUT2D eigenvalue weighted by molar-refractivity contribution is -0.144. The maximum atomic E-state index is 12.6. The number of para-hydroxylation sites is 1. The van der Waals surface area contributed by atoms with Crippen LogP contribution in [0.5, 0.6) is 17.4 Å². The van der Waals surface area contributed by atoms with Crippen molar-refractivity contribution >= 4 is 16.1 Å². The van der Waals surface area contributed by atoms with E-state index in [0.29, 0.717) is 10.7 Å². The molecule has 13 heteroatoms. The maximum Gasteiger partial charge on any atom is 0.534 e. The minimum Gasteiger partial charge on any atom is -0.465 e. The second kappa shape index (κ2) is 8.29. The molecular formula is C15H13F3N2O7S. The standard InChI is InChI=1S/C15H13F3N2O7S/c1-2-25-13(22)9-20-12(21)8-11(26-10-6-4-3-5-7-10)14(19-20)27-28(23,24)15(16,17)18/h3-8H,2,9H2,1H3. The van der Waals surface area contributed by atoms with Crippen molar-refractivity contribution in [3.8, 4) is 17.4 Å². The van der Waals surface area contributed by atoms with Crippen molar-refractivity contribution in [3.63, 3.8) is 0 Å². The molecular weight excluding hydrogens is 409 g/mol. The summed E-state index contributed by atoms with van der Waals surface area (Å²) in [6.45, 7) is 0.699. The zero-order valence-corrected chi connectivity index (χ0v) is 15.0. The van der Waals surface area contributed by atoms with Gasteiger partial charge in [-0.1, -0.05) is 18.2 Å². The van der Waals surface area contributed by atoms with Gasteiger partial charge in [-0.3, -0.25) is 9.59 Å². The van der Waals surface area contributed by atoms with Crippen LogP contribution in [0.3, 0.4) is 0 Å². The van der Waals surface area contributed by atoms with E-state index in [1.54, 1.807) is 6.07 Å². The minimum absolute atomic E-state index is 0.0193. The Morgan fingerprint density at radius 2 is 1.86 bits per heavy atom. The molecule has 0 atom stereocenters. The van der Waals surface area contributed by atoms with Crippen molar-refractivity contribution in [1.29, 1.82) is 0 Å². The van der Waals surface area contributed by atoms with Crippen LogP contribution in [-0.2, 0) is 26.2 Å². The van der Waals surface area contributed by atoms with Gasteiger partial charge in [-0.2, -0.15) is 21.6 Å². The van der Waals surface area contributed by atoms with Crippen LogP contribution in [-0.4, -0.2) is 36.3 Å². The quantitative estimate of drug-likeness (QED) is 0.377. The van der Waals surface area contributed by atoms with Gasteiger partial charge in [0.1, 0.15) is 12.3 Å². The summed E-state index contributed by atoms with van der Waals surface area (Å²) in [5.74, 6) is -2.71. The number of carbonyl (C=O) groups is 1. The molecule has 2 rings (SSSR count). The smallest absolute Gasteiger partial charge is 0.465 e. The van der Waals surface area contributed by atoms with Crippen LogP contribution in [0.2, 0.25) is 0 Å². The molecule has 0 aliphatic rings. The third-order valence-electron chi connectivity index (χ3n) is 2.96. The second-order valence-corrected chi connectivity index (χ2v) is 6.55. The van der Waals surface area contributed by atoms with Gasteiger partial charge in [0, 0.05) is 0 Å². The fourth-order valence-electron chi connectivity index (χ4n) is 1.80. The van der Waals surface area contributed by atoms with E-state index < -0.39 is 45.3 Å². The van der Waals surface area contributed by atoms with E-state index in [2.05, 4.69) is 14.0 Å². The van der Waals surface area contributed by atoms with E-state index in [1.165, 1.54) is 31.2 Å². The summed E-state index contributed by atoms with van der Waals surface area (Å²) in [5.41, 5.74) is -6.71. The number of alkyl halides is 3. The molecule has 0 aliphatic carbocycles. The topological polar surface area (TPSA) is 114 Å². The number of aromatic nitrogens is 2. The highest BCUT2D eigenvalue weighted by Crippen LogP contribution is 2.32. The number of nitrogens with zero attached hydrogens (tertiary/aromatic N) is 2. The Labute approximate surface area is 156 Å². The Bertz CT molecular complexity index is 1000. The van der Waals surface area contributed by atoms with Gasteiger partial charge in [0.2, 0.25) is 0 Å². The Morgan fingerprint density at radius 1 is 1.21 bits per heavy atom. The number of benzene rings is 1. The molecule has 0 amide bonds. The largest absolute Gasteiger partial charge is 0.534 e. The third-order valence-corrected chi connectivity index (χ3v) is 3.90. The van der Waals surface area contributed by atoms with Crippen LogP contribution in [0.1, 0.15) is 6.92 Å². The van der Waals surface area contributed by atoms with E-state index in [0.717, 1.165) is 0 Å². The molecule has 152 valence electrons. The SMILES string of the molecule is CCOC(=O)Cn1nc(OS(=O)(=O)C(F)(F)F)c(Oc2ccccc2)cc1=O. The third kappa shape index (κ3) is 5.22. The van der Waals surface area contributed by atoms with Crippen LogP contribution in [0.15, 0.2) is 41.2 Å². The highest BCUT2D eigenvalue weighted by Gasteiger charge is 2.49. The predicted octanol–water partition coefficient (Wildman–Crippen LogP) is 1.83. The molecule has 1 heterocycles. The highest BCUT2D eigenvalue weighted by atomic mass is 32.2. The van der Waals surface area contributed by atoms with Gasteiger partial charge in [-0.05, 0) is 19.1 Å². The minimum atomic E-state index is -6.11. The number of carbonyl (C=O) groups excluding carboxylic acids is 1. The lowest BCUT2D eigenvalue weighted by Gasteiger charge is -2.14. The van der Waals surface area contributed by atoms with Crippen LogP contribution in [0.25, 0.3) is 0 Å². The summed E-state index contributed by atoms with van der Waals surface area (Å²) in [6, 6.07) is 8.10. The zero-order chi connectivity index (χ0) is 20.9. The van der Waals surface area contributed by atoms with Gasteiger partial charge >= 0.3 is 21.6 Å². The van der Waals surface area contributed by atoms with Crippen LogP contribution in [0, 0.1) is 0 Å². The Hall–Kier alpha value is -3.09. The van der Waals surface area contributed by atoms with E-state index in [-0.39, 0.29) is 12.4 Å². The average molecular weight is 422 g/mol. The van der Waals surface area contributed by atoms with Crippen molar-refractivity contribution in [1.82, 2.24) is 9.78 Å². The Morgan fingerprint density at radius 3 is 2.43 bits per heavy atom. The molecule has 0 unspecified atom stereocenters. The first-order valence-electron chi connectivity index (χ1n) is 7.55. The molecule has 0 bridgehead atoms. The molecule has 28 heavy (non-hydrogen) atoms. The molecule has 1 aromatic carbocycles. The van der Waals surface area contributed by atoms with Crippen LogP contribution in [0.4, 0.5) is 13.2 Å². The monoisotopic (exact) mass is 422 g/mol. The number of hydrogen-bond acceptors (Lipinski definition) is 8. The molecule has 1 aromatic heterocycles. The average Bonchev–Trinajstić information content (AvgIpc) is 2.59. The van der Waals surface area contributed by atoms with Crippen LogP contribution < -0.4 is 14.5 Å². The lowest BCUT2D eigenvalue weighted by atomic mass is 10.3. The predicted molar refractivity (Wildman–Crippen MR) is 87.2 cm³/mol. The van der Waals surface area contributed by atoms with Crippen molar-refractivity contribution in [3.05, 3.63) is 46.8 Å². The molecule has 0 saturated heterocycles. The fourth-order valence-corrected chi connectivity index (χ4v) is 2.21. The van der Waals surface area contributed by atoms with Crippen LogP contribution >= 0.6 is 0 Å². The molecule has 9 nitrogen and oxygen atoms in total. The first kappa shape index (κ1) is 21.2. The summed E-state index contributed by atoms with van der Waals surface area (Å²) in [7, 11) is -6.11. The molecule has 0 N–H and O–H groups in total. The summed E-state index contributed by atoms with van der Waals surface area (Å²) in [5, 5.41) is 3.37. The van der Waals surface area contributed by atoms with E-state index in [9.17, 15) is 31.2 Å². The first-order chi connectivity index (χ1) is 13.0. The maximum absolute atomic E-state index is 12.6. The summed E-state index contributed by atoms with van der Waals surface area (Å²) in [6.07, 6.45) is 0. The van der Waals surface area contributed by atoms with Gasteiger partial charge in [-0.15, -0.1) is 5.10 Å². The Kier molecular flexibility index (Phi) is 6.28. The number of ether oxygens (including phenoxy) is 2. The number of esters is 1. The molecule has 0 radical (unpaired) electrons. The van der Waals surface area contributed by atoms with Gasteiger partial charge in [-0.25, -0.2) is 4.68 Å². The van der Waals surface area contributed by atoms with Crippen molar-refractivity contribution in [2.75, 3.05) is 6.61 Å². The number of halogens is 3. The summed E-state index contributed by atoms with van der Waals surface area (Å²) >= 11 is 0. The lowest BCUT2D eigenvalue weighted by Crippen LogP contribution is -2.31. The van der Waals surface area contributed by atoms with E-state index in [1.807, 2.05) is 0 Å².